The van der Waals surface area contributed by atoms with E-state index in [1.54, 1.807) is 6.20 Å². The Hall–Kier alpha value is -1.10. The molecule has 5 heteroatoms. The van der Waals surface area contributed by atoms with Gasteiger partial charge in [-0.25, -0.2) is 0 Å². The molecule has 0 radical (unpaired) electrons. The van der Waals surface area contributed by atoms with Gasteiger partial charge >= 0.3 is 0 Å². The minimum atomic E-state index is -0.759. The molecule has 100 valence electrons. The average Bonchev–Trinajstić information content (AvgIpc) is 3.01. The van der Waals surface area contributed by atoms with Crippen LogP contribution < -0.4 is 5.32 Å². The number of aromatic nitrogens is 2. The van der Waals surface area contributed by atoms with Crippen LogP contribution in [0.25, 0.3) is 10.9 Å². The third-order valence-corrected chi connectivity index (χ3v) is 4.92. The van der Waals surface area contributed by atoms with Gasteiger partial charge in [0.15, 0.2) is 0 Å². The minimum absolute atomic E-state index is 0.575. The zero-order valence-corrected chi connectivity index (χ0v) is 11.2. The number of hydrogen-bond acceptors (Lipinski definition) is 3. The highest BCUT2D eigenvalue weighted by Gasteiger charge is 2.47. The molecule has 1 aliphatic heterocycles. The van der Waals surface area contributed by atoms with Gasteiger partial charge < -0.3 is 10.4 Å². The number of nitrogens with one attached hydrogen (secondary N) is 2. The SMILES string of the molecule is OC1(c2cc(Cl)cc3[nH]ncc23)C[C@H]2CNC[C@@H]2C1. The summed E-state index contributed by atoms with van der Waals surface area (Å²) < 4.78 is 0. The van der Waals surface area contributed by atoms with Gasteiger partial charge in [0, 0.05) is 10.4 Å². The quantitative estimate of drug-likeness (QED) is 0.747. The van der Waals surface area contributed by atoms with Gasteiger partial charge in [-0.1, -0.05) is 11.6 Å². The Morgan fingerprint density at radius 3 is 2.74 bits per heavy atom. The third kappa shape index (κ3) is 1.71. The summed E-state index contributed by atoms with van der Waals surface area (Å²) in [4.78, 5) is 0. The number of H-pyrrole nitrogens is 1. The summed E-state index contributed by atoms with van der Waals surface area (Å²) in [6, 6.07) is 3.75. The lowest BCUT2D eigenvalue weighted by atomic mass is 9.88. The van der Waals surface area contributed by atoms with Crippen molar-refractivity contribution in [3.63, 3.8) is 0 Å². The van der Waals surface area contributed by atoms with Crippen molar-refractivity contribution in [2.24, 2.45) is 11.8 Å². The van der Waals surface area contributed by atoms with Gasteiger partial charge in [-0.2, -0.15) is 5.10 Å². The second kappa shape index (κ2) is 3.95. The maximum atomic E-state index is 11.1. The van der Waals surface area contributed by atoms with Crippen LogP contribution in [-0.4, -0.2) is 28.4 Å². The van der Waals surface area contributed by atoms with E-state index < -0.39 is 5.60 Å². The van der Waals surface area contributed by atoms with Crippen molar-refractivity contribution in [3.8, 4) is 0 Å². The Labute approximate surface area is 116 Å². The summed E-state index contributed by atoms with van der Waals surface area (Å²) in [6.45, 7) is 2.03. The van der Waals surface area contributed by atoms with Gasteiger partial charge in [0.05, 0.1) is 17.3 Å². The molecule has 4 nitrogen and oxygen atoms in total. The molecule has 1 aromatic carbocycles. The van der Waals surface area contributed by atoms with Crippen molar-refractivity contribution < 1.29 is 5.11 Å². The van der Waals surface area contributed by atoms with Crippen molar-refractivity contribution in [2.75, 3.05) is 13.1 Å². The Bertz CT molecular complexity index is 627. The second-order valence-electron chi connectivity index (χ2n) is 5.90. The summed E-state index contributed by atoms with van der Waals surface area (Å²) in [7, 11) is 0. The van der Waals surface area contributed by atoms with E-state index in [9.17, 15) is 5.11 Å². The van der Waals surface area contributed by atoms with Crippen molar-refractivity contribution in [3.05, 3.63) is 28.9 Å². The van der Waals surface area contributed by atoms with Crippen LogP contribution in [0.5, 0.6) is 0 Å². The summed E-state index contributed by atoms with van der Waals surface area (Å²) >= 11 is 6.17. The van der Waals surface area contributed by atoms with Gasteiger partial charge in [-0.15, -0.1) is 0 Å². The predicted octanol–water partition coefficient (Wildman–Crippen LogP) is 2.03. The molecular formula is C14H16ClN3O. The van der Waals surface area contributed by atoms with Crippen LogP contribution >= 0.6 is 11.6 Å². The minimum Gasteiger partial charge on any atom is -0.385 e. The Balaban J connectivity index is 1.83. The molecule has 0 spiro atoms. The number of nitrogens with zero attached hydrogens (tertiary/aromatic N) is 1. The van der Waals surface area contributed by atoms with E-state index in [1.165, 1.54) is 0 Å². The summed E-state index contributed by atoms with van der Waals surface area (Å²) in [5.74, 6) is 1.15. The lowest BCUT2D eigenvalue weighted by Crippen LogP contribution is -2.25. The van der Waals surface area contributed by atoms with Crippen molar-refractivity contribution in [1.82, 2.24) is 15.5 Å². The van der Waals surface area contributed by atoms with Crippen LogP contribution in [0.15, 0.2) is 18.3 Å². The Morgan fingerprint density at radius 2 is 2.00 bits per heavy atom. The van der Waals surface area contributed by atoms with E-state index in [0.717, 1.165) is 42.4 Å². The lowest BCUT2D eigenvalue weighted by Gasteiger charge is -2.25. The maximum Gasteiger partial charge on any atom is 0.0910 e. The molecule has 2 aromatic rings. The van der Waals surface area contributed by atoms with Gasteiger partial charge in [0.2, 0.25) is 0 Å². The van der Waals surface area contributed by atoms with Crippen LogP contribution in [0.3, 0.4) is 0 Å². The molecule has 1 saturated heterocycles. The molecule has 0 unspecified atom stereocenters. The van der Waals surface area contributed by atoms with Crippen molar-refractivity contribution in [1.29, 1.82) is 0 Å². The van der Waals surface area contributed by atoms with Crippen LogP contribution in [-0.2, 0) is 5.60 Å². The predicted molar refractivity (Wildman–Crippen MR) is 74.1 cm³/mol. The lowest BCUT2D eigenvalue weighted by molar-refractivity contribution is 0.0374. The molecule has 1 saturated carbocycles. The highest BCUT2D eigenvalue weighted by Crippen LogP contribution is 2.49. The average molecular weight is 278 g/mol. The zero-order chi connectivity index (χ0) is 13.0. The molecule has 1 aliphatic carbocycles. The summed E-state index contributed by atoms with van der Waals surface area (Å²) in [6.07, 6.45) is 3.40. The summed E-state index contributed by atoms with van der Waals surface area (Å²) in [5, 5.41) is 23.1. The fourth-order valence-corrected chi connectivity index (χ4v) is 4.06. The highest BCUT2D eigenvalue weighted by molar-refractivity contribution is 6.31. The highest BCUT2D eigenvalue weighted by atomic mass is 35.5. The van der Waals surface area contributed by atoms with E-state index >= 15 is 0 Å². The zero-order valence-electron chi connectivity index (χ0n) is 10.5. The molecule has 0 amide bonds. The molecule has 2 atom stereocenters. The van der Waals surface area contributed by atoms with Crippen LogP contribution in [0.1, 0.15) is 18.4 Å². The molecule has 2 aliphatic rings. The number of aromatic amines is 1. The smallest absolute Gasteiger partial charge is 0.0910 e. The second-order valence-corrected chi connectivity index (χ2v) is 6.34. The number of fused-ring (bicyclic) bond motifs is 2. The fourth-order valence-electron chi connectivity index (χ4n) is 3.84. The normalized spacial score (nSPS) is 28.9. The van der Waals surface area contributed by atoms with E-state index in [2.05, 4.69) is 15.5 Å². The summed E-state index contributed by atoms with van der Waals surface area (Å²) in [5.41, 5.74) is 1.06. The molecular weight excluding hydrogens is 262 g/mol. The van der Waals surface area contributed by atoms with Gasteiger partial charge in [-0.05, 0) is 55.5 Å². The van der Waals surface area contributed by atoms with Gasteiger partial charge in [-0.3, -0.25) is 5.10 Å². The number of aliphatic hydroxyl groups is 1. The number of hydrogen-bond donors (Lipinski definition) is 3. The van der Waals surface area contributed by atoms with Crippen molar-refractivity contribution >= 4 is 22.5 Å². The number of halogens is 1. The van der Waals surface area contributed by atoms with Gasteiger partial charge in [0.25, 0.3) is 0 Å². The monoisotopic (exact) mass is 277 g/mol. The number of rotatable bonds is 1. The molecule has 2 heterocycles. The number of benzene rings is 1. The first-order valence-electron chi connectivity index (χ1n) is 6.72. The topological polar surface area (TPSA) is 60.9 Å². The molecule has 1 aromatic heterocycles. The van der Waals surface area contributed by atoms with E-state index in [4.69, 9.17) is 11.6 Å². The fraction of sp³-hybridized carbons (Fsp3) is 0.500. The van der Waals surface area contributed by atoms with Crippen LogP contribution in [0.2, 0.25) is 5.02 Å². The maximum absolute atomic E-state index is 11.1. The molecule has 4 rings (SSSR count). The first-order valence-corrected chi connectivity index (χ1v) is 7.10. The molecule has 0 bridgehead atoms. The van der Waals surface area contributed by atoms with Gasteiger partial charge in [0.1, 0.15) is 0 Å². The Kier molecular flexibility index (Phi) is 2.43. The van der Waals surface area contributed by atoms with Crippen LogP contribution in [0.4, 0.5) is 0 Å². The largest absolute Gasteiger partial charge is 0.385 e. The van der Waals surface area contributed by atoms with Crippen molar-refractivity contribution in [2.45, 2.75) is 18.4 Å². The van der Waals surface area contributed by atoms with E-state index in [-0.39, 0.29) is 0 Å². The third-order valence-electron chi connectivity index (χ3n) is 4.70. The molecule has 2 fully saturated rings. The van der Waals surface area contributed by atoms with E-state index in [1.807, 2.05) is 12.1 Å². The molecule has 3 N–H and O–H groups in total. The Morgan fingerprint density at radius 1 is 1.26 bits per heavy atom. The molecule has 19 heavy (non-hydrogen) atoms. The first kappa shape index (κ1) is 11.7. The standard InChI is InChI=1S/C14H16ClN3O/c15-10-1-12(11-7-17-18-13(11)2-10)14(19)3-8-5-16-6-9(8)4-14/h1-2,7-9,16,19H,3-6H2,(H,17,18)/t8-,9-/m0/s1. The first-order chi connectivity index (χ1) is 9.16. The van der Waals surface area contributed by atoms with Crippen LogP contribution in [0, 0.1) is 11.8 Å². The van der Waals surface area contributed by atoms with E-state index in [0.29, 0.717) is 16.9 Å².